The molecular weight excluding hydrogens is 602 g/mol. The zero-order valence-corrected chi connectivity index (χ0v) is 26.2. The molecule has 0 aliphatic heterocycles. The molecule has 0 bridgehead atoms. The van der Waals surface area contributed by atoms with Crippen LogP contribution >= 0.6 is 14.7 Å². The summed E-state index contributed by atoms with van der Waals surface area (Å²) in [5.41, 5.74) is 11.1. The fourth-order valence-electron chi connectivity index (χ4n) is 2.59. The van der Waals surface area contributed by atoms with Gasteiger partial charge in [-0.2, -0.15) is 0 Å². The molecule has 244 valence electrons. The van der Waals surface area contributed by atoms with Gasteiger partial charge in [0, 0.05) is 25.7 Å². The summed E-state index contributed by atoms with van der Waals surface area (Å²) in [5, 5.41) is 26.4. The first-order valence-corrected chi connectivity index (χ1v) is 17.2. The number of carbonyl (C=O) groups excluding carboxylic acids is 4. The van der Waals surface area contributed by atoms with E-state index in [9.17, 15) is 37.9 Å². The Morgan fingerprint density at radius 3 is 1.02 bits per heavy atom. The summed E-state index contributed by atoms with van der Waals surface area (Å²) >= 11 is 0. The van der Waals surface area contributed by atoms with Crippen LogP contribution in [0.4, 0.5) is 0 Å². The van der Waals surface area contributed by atoms with E-state index in [0.29, 0.717) is 0 Å². The van der Waals surface area contributed by atoms with E-state index in [4.69, 9.17) is 31.5 Å². The lowest BCUT2D eigenvalue weighted by Gasteiger charge is -2.19. The zero-order chi connectivity index (χ0) is 33.6. The molecule has 0 aromatic rings. The smallest absolute Gasteiger partial charge is 0.325 e. The number of carboxylic acid groups (broad SMARTS) is 2. The fraction of sp³-hybridized carbons (Fsp3) is 0.727. The van der Waals surface area contributed by atoms with Gasteiger partial charge < -0.3 is 52.7 Å². The topological polar surface area (TPSA) is 318 Å². The van der Waals surface area contributed by atoms with Crippen molar-refractivity contribution in [2.24, 2.45) is 11.5 Å². The Bertz CT molecular complexity index is 980. The van der Waals surface area contributed by atoms with E-state index in [2.05, 4.69) is 21.3 Å². The Morgan fingerprint density at radius 2 is 0.810 bits per heavy atom. The predicted molar refractivity (Wildman–Crippen MR) is 152 cm³/mol. The van der Waals surface area contributed by atoms with E-state index >= 15 is 0 Å². The van der Waals surface area contributed by atoms with Crippen molar-refractivity contribution < 1.29 is 57.9 Å². The van der Waals surface area contributed by atoms with E-state index in [1.807, 2.05) is 0 Å². The standard InChI is InChI=1S/2C11H22N3O6P/c2*1-6(9(15)14-7(2)11(17)18)13-10(16)8(12)4-5-21(3,19)20/h2*6-8H,4-5,12H2,1-3H3,(H,13,16)(H,14,15)(H,17,18)(H,19,20)/t2*6-,7-,8-/m00/s1. The predicted octanol–water partition coefficient (Wildman–Crippen LogP) is -2.60. The molecule has 0 spiro atoms. The normalized spacial score (nSPS) is 18.0. The summed E-state index contributed by atoms with van der Waals surface area (Å²) < 4.78 is 22.2. The molecule has 4 amide bonds. The molecule has 0 heterocycles. The molecule has 0 aromatic carbocycles. The van der Waals surface area contributed by atoms with Gasteiger partial charge in [-0.25, -0.2) is 0 Å². The molecule has 0 saturated heterocycles. The Morgan fingerprint density at radius 1 is 0.571 bits per heavy atom. The molecule has 20 heteroatoms. The summed E-state index contributed by atoms with van der Waals surface area (Å²) in [6.45, 7) is 7.68. The average molecular weight is 647 g/mol. The highest BCUT2D eigenvalue weighted by atomic mass is 31.2. The quantitative estimate of drug-likeness (QED) is 0.0769. The zero-order valence-electron chi connectivity index (χ0n) is 24.4. The van der Waals surface area contributed by atoms with Crippen molar-refractivity contribution in [2.45, 2.75) is 76.8 Å². The van der Waals surface area contributed by atoms with E-state index in [1.165, 1.54) is 41.0 Å². The minimum absolute atomic E-state index is 0.00990. The molecule has 2 unspecified atom stereocenters. The SMILES string of the molecule is C[C@H](NC(=O)[C@H](C)NC(=O)[C@@H](N)CCP(C)(=O)O)C(=O)O.C[C@H](NC(=O)[C@H](C)NC(=O)[C@@H](N)CCP(C)(=O)O)C(=O)O. The molecule has 12 N–H and O–H groups in total. The maximum atomic E-state index is 11.7. The molecule has 0 aromatic heterocycles. The first kappa shape index (κ1) is 41.3. The van der Waals surface area contributed by atoms with Gasteiger partial charge in [0.1, 0.15) is 24.2 Å². The Balaban J connectivity index is 0. The van der Waals surface area contributed by atoms with Crippen LogP contribution in [0.5, 0.6) is 0 Å². The van der Waals surface area contributed by atoms with Crippen LogP contribution in [-0.2, 0) is 37.9 Å². The average Bonchev–Trinajstić information content (AvgIpc) is 2.84. The second kappa shape index (κ2) is 18.6. The first-order chi connectivity index (χ1) is 18.9. The summed E-state index contributed by atoms with van der Waals surface area (Å²) in [6.07, 6.45) is -0.178. The number of hydrogen-bond acceptors (Lipinski definition) is 10. The van der Waals surface area contributed by atoms with Crippen molar-refractivity contribution in [1.82, 2.24) is 21.3 Å². The van der Waals surface area contributed by atoms with E-state index in [0.717, 1.165) is 0 Å². The van der Waals surface area contributed by atoms with Gasteiger partial charge in [0.25, 0.3) is 0 Å². The van der Waals surface area contributed by atoms with Crippen LogP contribution in [0.25, 0.3) is 0 Å². The Kier molecular flexibility index (Phi) is 18.3. The maximum absolute atomic E-state index is 11.7. The molecule has 8 atom stereocenters. The number of carbonyl (C=O) groups is 6. The summed E-state index contributed by atoms with van der Waals surface area (Å²) in [5.74, 6) is -4.99. The van der Waals surface area contributed by atoms with Crippen LogP contribution < -0.4 is 32.7 Å². The molecule has 0 rings (SSSR count). The summed E-state index contributed by atoms with van der Waals surface area (Å²) in [7, 11) is -6.49. The molecule has 42 heavy (non-hydrogen) atoms. The third-order valence-electron chi connectivity index (χ3n) is 5.35. The maximum Gasteiger partial charge on any atom is 0.325 e. The lowest BCUT2D eigenvalue weighted by atomic mass is 10.2. The lowest BCUT2D eigenvalue weighted by Crippen LogP contribution is -2.52. The van der Waals surface area contributed by atoms with Gasteiger partial charge in [-0.05, 0) is 40.5 Å². The number of nitrogens with one attached hydrogen (secondary N) is 4. The van der Waals surface area contributed by atoms with Crippen molar-refractivity contribution in [3.05, 3.63) is 0 Å². The van der Waals surface area contributed by atoms with Gasteiger partial charge in [-0.15, -0.1) is 0 Å². The van der Waals surface area contributed by atoms with Crippen molar-refractivity contribution in [3.63, 3.8) is 0 Å². The number of amides is 4. The van der Waals surface area contributed by atoms with Crippen LogP contribution in [-0.4, -0.2) is 117 Å². The van der Waals surface area contributed by atoms with E-state index < -0.39 is 86.6 Å². The highest BCUT2D eigenvalue weighted by molar-refractivity contribution is 7.57. The van der Waals surface area contributed by atoms with Crippen LogP contribution in [0.15, 0.2) is 0 Å². The number of hydrogen-bond donors (Lipinski definition) is 10. The minimum Gasteiger partial charge on any atom is -0.480 e. The Hall–Kier alpha value is -2.88. The molecule has 0 saturated carbocycles. The number of nitrogens with two attached hydrogens (primary N) is 2. The second-order valence-electron chi connectivity index (χ2n) is 9.94. The number of aliphatic carboxylic acids is 2. The lowest BCUT2D eigenvalue weighted by molar-refractivity contribution is -0.142. The highest BCUT2D eigenvalue weighted by Crippen LogP contribution is 2.36. The van der Waals surface area contributed by atoms with Crippen molar-refractivity contribution in [2.75, 3.05) is 25.7 Å². The van der Waals surface area contributed by atoms with E-state index in [1.54, 1.807) is 0 Å². The molecule has 18 nitrogen and oxygen atoms in total. The van der Waals surface area contributed by atoms with Crippen LogP contribution in [0.3, 0.4) is 0 Å². The van der Waals surface area contributed by atoms with Gasteiger partial charge >= 0.3 is 11.9 Å². The minimum atomic E-state index is -3.25. The highest BCUT2D eigenvalue weighted by Gasteiger charge is 2.25. The van der Waals surface area contributed by atoms with Crippen LogP contribution in [0.1, 0.15) is 40.5 Å². The molecule has 0 radical (unpaired) electrons. The Labute approximate surface area is 243 Å². The van der Waals surface area contributed by atoms with Gasteiger partial charge in [-0.3, -0.25) is 37.9 Å². The molecule has 0 aliphatic rings. The fourth-order valence-corrected chi connectivity index (χ4v) is 4.11. The third-order valence-corrected chi connectivity index (χ3v) is 7.52. The number of rotatable bonds is 16. The molecular formula is C22H44N6O12P2. The first-order valence-electron chi connectivity index (χ1n) is 12.6. The monoisotopic (exact) mass is 646 g/mol. The van der Waals surface area contributed by atoms with Crippen molar-refractivity contribution in [3.8, 4) is 0 Å². The summed E-state index contributed by atoms with van der Waals surface area (Å²) in [4.78, 5) is 86.0. The molecule has 0 fully saturated rings. The van der Waals surface area contributed by atoms with Gasteiger partial charge in [0.15, 0.2) is 14.7 Å². The van der Waals surface area contributed by atoms with Crippen molar-refractivity contribution in [1.29, 1.82) is 0 Å². The second-order valence-corrected chi connectivity index (χ2v) is 15.0. The van der Waals surface area contributed by atoms with Crippen LogP contribution in [0.2, 0.25) is 0 Å². The summed E-state index contributed by atoms with van der Waals surface area (Å²) in [6, 6.07) is -6.12. The number of carboxylic acids is 2. The molecule has 0 aliphatic carbocycles. The van der Waals surface area contributed by atoms with Crippen molar-refractivity contribution >= 4 is 50.3 Å². The third kappa shape index (κ3) is 20.1. The van der Waals surface area contributed by atoms with Crippen LogP contribution in [0, 0.1) is 0 Å². The van der Waals surface area contributed by atoms with Gasteiger partial charge in [0.05, 0.1) is 12.1 Å². The van der Waals surface area contributed by atoms with Gasteiger partial charge in [0.2, 0.25) is 23.6 Å². The largest absolute Gasteiger partial charge is 0.480 e. The van der Waals surface area contributed by atoms with E-state index in [-0.39, 0.29) is 25.2 Å². The van der Waals surface area contributed by atoms with Gasteiger partial charge in [-0.1, -0.05) is 0 Å².